The minimum absolute atomic E-state index is 0.103. The molecule has 1 aliphatic carbocycles. The van der Waals surface area contributed by atoms with Gasteiger partial charge in [0.1, 0.15) is 5.82 Å². The molecule has 4 rings (SSSR count). The second-order valence-electron chi connectivity index (χ2n) is 6.75. The normalized spacial score (nSPS) is 19.7. The summed E-state index contributed by atoms with van der Waals surface area (Å²) in [7, 11) is 0. The van der Waals surface area contributed by atoms with Gasteiger partial charge in [-0.2, -0.15) is 0 Å². The van der Waals surface area contributed by atoms with Crippen LogP contribution in [0.3, 0.4) is 0 Å². The molecule has 0 amide bonds. The van der Waals surface area contributed by atoms with Crippen LogP contribution in [0.4, 0.5) is 0 Å². The highest BCUT2D eigenvalue weighted by Crippen LogP contribution is 2.31. The van der Waals surface area contributed by atoms with E-state index in [1.807, 2.05) is 0 Å². The monoisotopic (exact) mass is 329 g/mol. The van der Waals surface area contributed by atoms with Gasteiger partial charge in [-0.25, -0.2) is 4.98 Å². The van der Waals surface area contributed by atoms with Crippen LogP contribution in [-0.4, -0.2) is 21.4 Å². The van der Waals surface area contributed by atoms with Gasteiger partial charge in [0.15, 0.2) is 0 Å². The third kappa shape index (κ3) is 3.26. The number of aromatic amines is 1. The van der Waals surface area contributed by atoms with E-state index in [1.54, 1.807) is 11.3 Å². The molecule has 2 aromatic rings. The van der Waals surface area contributed by atoms with Crippen LogP contribution in [0.15, 0.2) is 22.3 Å². The molecule has 1 aliphatic heterocycles. The van der Waals surface area contributed by atoms with E-state index in [1.165, 1.54) is 37.0 Å². The average molecular weight is 329 g/mol. The molecule has 23 heavy (non-hydrogen) atoms. The largest absolute Gasteiger partial charge is 0.310 e. The zero-order chi connectivity index (χ0) is 15.6. The molecule has 1 fully saturated rings. The van der Waals surface area contributed by atoms with Crippen molar-refractivity contribution < 1.29 is 0 Å². The lowest BCUT2D eigenvalue weighted by molar-refractivity contribution is 0.241. The Balaban J connectivity index is 1.56. The molecule has 0 bridgehead atoms. The van der Waals surface area contributed by atoms with Gasteiger partial charge in [-0.3, -0.25) is 9.69 Å². The van der Waals surface area contributed by atoms with E-state index in [-0.39, 0.29) is 5.56 Å². The first-order valence-electron chi connectivity index (χ1n) is 8.66. The van der Waals surface area contributed by atoms with Gasteiger partial charge in [0.2, 0.25) is 0 Å². The second kappa shape index (κ2) is 6.57. The Labute approximate surface area is 140 Å². The fourth-order valence-electron chi connectivity index (χ4n) is 3.84. The molecule has 0 saturated heterocycles. The van der Waals surface area contributed by atoms with Crippen molar-refractivity contribution in [3.05, 3.63) is 49.8 Å². The Morgan fingerprint density at radius 1 is 1.30 bits per heavy atom. The van der Waals surface area contributed by atoms with Gasteiger partial charge in [-0.1, -0.05) is 25.3 Å². The van der Waals surface area contributed by atoms with Crippen molar-refractivity contribution in [2.75, 3.05) is 6.54 Å². The molecule has 3 heterocycles. The lowest BCUT2D eigenvalue weighted by Crippen LogP contribution is -2.35. The highest BCUT2D eigenvalue weighted by Gasteiger charge is 2.24. The topological polar surface area (TPSA) is 49.0 Å². The van der Waals surface area contributed by atoms with Crippen LogP contribution in [0.1, 0.15) is 60.0 Å². The van der Waals surface area contributed by atoms with Crippen molar-refractivity contribution in [2.24, 2.45) is 0 Å². The molecular formula is C18H23N3OS. The number of nitrogens with zero attached hydrogens (tertiary/aromatic N) is 2. The summed E-state index contributed by atoms with van der Waals surface area (Å²) in [5.41, 5.74) is 2.02. The SMILES string of the molecule is O=c1[nH]c(C2CCCCC2)nc2c1CCN(Cc1cccs1)C2. The van der Waals surface area contributed by atoms with Gasteiger partial charge >= 0.3 is 0 Å². The smallest absolute Gasteiger partial charge is 0.254 e. The Hall–Kier alpha value is -1.46. The van der Waals surface area contributed by atoms with Crippen molar-refractivity contribution in [3.63, 3.8) is 0 Å². The van der Waals surface area contributed by atoms with E-state index in [0.717, 1.165) is 43.1 Å². The molecule has 2 aliphatic rings. The quantitative estimate of drug-likeness (QED) is 0.938. The lowest BCUT2D eigenvalue weighted by Gasteiger charge is -2.28. The summed E-state index contributed by atoms with van der Waals surface area (Å²) in [4.78, 5) is 24.2. The van der Waals surface area contributed by atoms with Gasteiger partial charge < -0.3 is 4.98 Å². The van der Waals surface area contributed by atoms with Crippen molar-refractivity contribution in [1.82, 2.24) is 14.9 Å². The van der Waals surface area contributed by atoms with E-state index < -0.39 is 0 Å². The molecular weight excluding hydrogens is 306 g/mol. The van der Waals surface area contributed by atoms with E-state index in [0.29, 0.717) is 5.92 Å². The van der Waals surface area contributed by atoms with Crippen LogP contribution in [0.25, 0.3) is 0 Å². The van der Waals surface area contributed by atoms with E-state index in [2.05, 4.69) is 27.4 Å². The zero-order valence-electron chi connectivity index (χ0n) is 13.4. The summed E-state index contributed by atoms with van der Waals surface area (Å²) in [5, 5.41) is 2.12. The molecule has 122 valence electrons. The van der Waals surface area contributed by atoms with Crippen LogP contribution in [-0.2, 0) is 19.5 Å². The zero-order valence-corrected chi connectivity index (χ0v) is 14.2. The molecule has 2 aromatic heterocycles. The number of hydrogen-bond donors (Lipinski definition) is 1. The number of aromatic nitrogens is 2. The number of fused-ring (bicyclic) bond motifs is 1. The van der Waals surface area contributed by atoms with Crippen molar-refractivity contribution >= 4 is 11.3 Å². The highest BCUT2D eigenvalue weighted by atomic mass is 32.1. The van der Waals surface area contributed by atoms with Gasteiger partial charge in [-0.15, -0.1) is 11.3 Å². The van der Waals surface area contributed by atoms with Gasteiger partial charge in [-0.05, 0) is 30.7 Å². The first kappa shape index (κ1) is 15.1. The van der Waals surface area contributed by atoms with Crippen LogP contribution in [0.5, 0.6) is 0 Å². The highest BCUT2D eigenvalue weighted by molar-refractivity contribution is 7.09. The number of rotatable bonds is 3. The van der Waals surface area contributed by atoms with Crippen LogP contribution in [0.2, 0.25) is 0 Å². The van der Waals surface area contributed by atoms with Gasteiger partial charge in [0.05, 0.1) is 5.69 Å². The Bertz CT molecular complexity index is 716. The number of nitrogens with one attached hydrogen (secondary N) is 1. The summed E-state index contributed by atoms with van der Waals surface area (Å²) in [6.45, 7) is 2.71. The minimum Gasteiger partial charge on any atom is -0.310 e. The predicted octanol–water partition coefficient (Wildman–Crippen LogP) is 3.44. The predicted molar refractivity (Wildman–Crippen MR) is 92.8 cm³/mol. The van der Waals surface area contributed by atoms with Crippen molar-refractivity contribution in [2.45, 2.75) is 57.5 Å². The maximum Gasteiger partial charge on any atom is 0.254 e. The van der Waals surface area contributed by atoms with E-state index in [9.17, 15) is 4.79 Å². The van der Waals surface area contributed by atoms with Gasteiger partial charge in [0.25, 0.3) is 5.56 Å². The summed E-state index contributed by atoms with van der Waals surface area (Å²) < 4.78 is 0. The summed E-state index contributed by atoms with van der Waals surface area (Å²) in [6, 6.07) is 4.28. The number of H-pyrrole nitrogens is 1. The molecule has 0 atom stereocenters. The molecule has 5 heteroatoms. The molecule has 0 aromatic carbocycles. The maximum atomic E-state index is 12.4. The first-order chi connectivity index (χ1) is 11.3. The number of hydrogen-bond acceptors (Lipinski definition) is 4. The fraction of sp³-hybridized carbons (Fsp3) is 0.556. The third-order valence-corrected chi connectivity index (χ3v) is 5.98. The Kier molecular flexibility index (Phi) is 4.31. The Morgan fingerprint density at radius 3 is 2.96 bits per heavy atom. The summed E-state index contributed by atoms with van der Waals surface area (Å²) >= 11 is 1.80. The average Bonchev–Trinajstić information content (AvgIpc) is 3.08. The Morgan fingerprint density at radius 2 is 2.17 bits per heavy atom. The van der Waals surface area contributed by atoms with Crippen LogP contribution < -0.4 is 5.56 Å². The van der Waals surface area contributed by atoms with E-state index in [4.69, 9.17) is 4.98 Å². The number of thiophene rings is 1. The van der Waals surface area contributed by atoms with Gasteiger partial charge in [0, 0.05) is 36.0 Å². The third-order valence-electron chi connectivity index (χ3n) is 5.12. The van der Waals surface area contributed by atoms with Crippen LogP contribution in [0, 0.1) is 0 Å². The molecule has 1 saturated carbocycles. The molecule has 4 nitrogen and oxygen atoms in total. The van der Waals surface area contributed by atoms with E-state index >= 15 is 0 Å². The van der Waals surface area contributed by atoms with Crippen molar-refractivity contribution in [3.8, 4) is 0 Å². The van der Waals surface area contributed by atoms with Crippen molar-refractivity contribution in [1.29, 1.82) is 0 Å². The molecule has 1 N–H and O–H groups in total. The lowest BCUT2D eigenvalue weighted by atomic mass is 9.88. The second-order valence-corrected chi connectivity index (χ2v) is 7.78. The molecule has 0 unspecified atom stereocenters. The fourth-order valence-corrected chi connectivity index (χ4v) is 4.59. The first-order valence-corrected chi connectivity index (χ1v) is 9.54. The summed E-state index contributed by atoms with van der Waals surface area (Å²) in [5.74, 6) is 1.39. The van der Waals surface area contributed by atoms with Crippen LogP contribution >= 0.6 is 11.3 Å². The summed E-state index contributed by atoms with van der Waals surface area (Å²) in [6.07, 6.45) is 6.99. The standard InChI is InChI=1S/C18H23N3OS/c22-18-15-8-9-21(11-14-7-4-10-23-14)12-16(15)19-17(20-18)13-5-2-1-3-6-13/h4,7,10,13H,1-3,5-6,8-9,11-12H2,(H,19,20,22). The minimum atomic E-state index is 0.103. The molecule has 0 radical (unpaired) electrons. The molecule has 0 spiro atoms. The maximum absolute atomic E-state index is 12.4.